The van der Waals surface area contributed by atoms with E-state index in [9.17, 15) is 4.79 Å². The number of benzene rings is 1. The zero-order chi connectivity index (χ0) is 16.8. The first-order valence-corrected chi connectivity index (χ1v) is 8.75. The van der Waals surface area contributed by atoms with E-state index in [1.54, 1.807) is 11.9 Å². The summed E-state index contributed by atoms with van der Waals surface area (Å²) in [5.74, 6) is 0.478. The number of nitrogens with one attached hydrogen (secondary N) is 1. The molecule has 0 radical (unpaired) electrons. The summed E-state index contributed by atoms with van der Waals surface area (Å²) in [4.78, 5) is 13.1. The summed E-state index contributed by atoms with van der Waals surface area (Å²) in [5.41, 5.74) is 2.71. The third-order valence-electron chi connectivity index (χ3n) is 4.45. The number of hydrogen-bond donors (Lipinski definition) is 1. The van der Waals surface area contributed by atoms with E-state index in [4.69, 9.17) is 4.74 Å². The number of carbonyl (C=O) groups excluding carboxylic acids is 1. The molecule has 0 saturated carbocycles. The Morgan fingerprint density at radius 1 is 1.30 bits per heavy atom. The lowest BCUT2D eigenvalue weighted by molar-refractivity contribution is 0.131. The lowest BCUT2D eigenvalue weighted by atomic mass is 9.94. The Morgan fingerprint density at radius 2 is 2.00 bits per heavy atom. The van der Waals surface area contributed by atoms with Crippen LogP contribution in [0.2, 0.25) is 0 Å². The molecular formula is C19H30N2O2. The van der Waals surface area contributed by atoms with Gasteiger partial charge in [0, 0.05) is 19.6 Å². The molecule has 4 heteroatoms. The number of likely N-dealkylation sites (N-methyl/N-ethyl adjacent to an activating group) is 1. The molecule has 2 atom stereocenters. The maximum atomic E-state index is 11.4. The normalized spacial score (nSPS) is 19.3. The number of cyclic esters (lactones) is 1. The molecule has 1 fully saturated rings. The van der Waals surface area contributed by atoms with Crippen molar-refractivity contribution in [1.29, 1.82) is 0 Å². The Balaban J connectivity index is 1.94. The molecule has 1 aromatic rings. The van der Waals surface area contributed by atoms with E-state index in [1.165, 1.54) is 24.0 Å². The van der Waals surface area contributed by atoms with Gasteiger partial charge in [0.25, 0.3) is 0 Å². The number of nitrogens with zero attached hydrogens (tertiary/aromatic N) is 1. The lowest BCUT2D eigenvalue weighted by Crippen LogP contribution is -2.34. The van der Waals surface area contributed by atoms with E-state index in [0.29, 0.717) is 19.0 Å². The van der Waals surface area contributed by atoms with Crippen LogP contribution in [0.15, 0.2) is 24.3 Å². The van der Waals surface area contributed by atoms with Crippen molar-refractivity contribution in [2.24, 2.45) is 5.92 Å². The molecule has 1 aliphatic rings. The number of rotatable bonds is 8. The zero-order valence-corrected chi connectivity index (χ0v) is 14.8. The Hall–Kier alpha value is -1.55. The Kier molecular flexibility index (Phi) is 6.46. The monoisotopic (exact) mass is 318 g/mol. The van der Waals surface area contributed by atoms with Crippen LogP contribution in [0, 0.1) is 5.92 Å². The van der Waals surface area contributed by atoms with Crippen LogP contribution in [0.25, 0.3) is 0 Å². The van der Waals surface area contributed by atoms with Crippen LogP contribution in [0.1, 0.15) is 50.8 Å². The number of hydrogen-bond acceptors (Lipinski definition) is 3. The Morgan fingerprint density at radius 3 is 2.52 bits per heavy atom. The number of ether oxygens (including phenoxy) is 1. The number of carbonyl (C=O) groups is 1. The van der Waals surface area contributed by atoms with Gasteiger partial charge in [0.2, 0.25) is 0 Å². The highest BCUT2D eigenvalue weighted by Crippen LogP contribution is 2.23. The highest BCUT2D eigenvalue weighted by Gasteiger charge is 2.29. The van der Waals surface area contributed by atoms with Crippen LogP contribution in [-0.2, 0) is 11.2 Å². The molecule has 1 aromatic carbocycles. The van der Waals surface area contributed by atoms with Gasteiger partial charge in [0.05, 0.1) is 6.54 Å². The summed E-state index contributed by atoms with van der Waals surface area (Å²) in [6.45, 7) is 8.01. The highest BCUT2D eigenvalue weighted by atomic mass is 16.6. The second kappa shape index (κ2) is 8.34. The molecule has 1 heterocycles. The van der Waals surface area contributed by atoms with Gasteiger partial charge in [0.1, 0.15) is 6.10 Å². The van der Waals surface area contributed by atoms with Crippen molar-refractivity contribution >= 4 is 6.09 Å². The topological polar surface area (TPSA) is 41.6 Å². The van der Waals surface area contributed by atoms with Gasteiger partial charge in [-0.15, -0.1) is 0 Å². The van der Waals surface area contributed by atoms with E-state index in [2.05, 4.69) is 50.4 Å². The van der Waals surface area contributed by atoms with Crippen molar-refractivity contribution in [1.82, 2.24) is 10.2 Å². The molecule has 1 saturated heterocycles. The molecule has 0 bridgehead atoms. The number of unbranched alkanes of at least 4 members (excludes halogenated alkanes) is 1. The van der Waals surface area contributed by atoms with E-state index < -0.39 is 0 Å². The molecule has 0 aliphatic carbocycles. The van der Waals surface area contributed by atoms with Gasteiger partial charge >= 0.3 is 6.09 Å². The first-order valence-electron chi connectivity index (χ1n) is 8.75. The van der Waals surface area contributed by atoms with Gasteiger partial charge in [-0.25, -0.2) is 4.79 Å². The van der Waals surface area contributed by atoms with Crippen molar-refractivity contribution in [2.45, 2.75) is 52.2 Å². The maximum Gasteiger partial charge on any atom is 0.410 e. The van der Waals surface area contributed by atoms with Crippen molar-refractivity contribution in [3.05, 3.63) is 35.4 Å². The fraction of sp³-hybridized carbons (Fsp3) is 0.632. The van der Waals surface area contributed by atoms with Crippen molar-refractivity contribution < 1.29 is 9.53 Å². The van der Waals surface area contributed by atoms with Crippen molar-refractivity contribution in [3.8, 4) is 0 Å². The summed E-state index contributed by atoms with van der Waals surface area (Å²) in [6.07, 6.45) is 3.34. The standard InChI is InChI=1S/C19H30N2O2/c1-5-6-7-15-8-10-16(11-9-15)18(14(2)3)20-12-17-13-21(4)19(22)23-17/h8-11,14,17-18,20H,5-7,12-13H2,1-4H3. The van der Waals surface area contributed by atoms with Crippen molar-refractivity contribution in [3.63, 3.8) is 0 Å². The first-order chi connectivity index (χ1) is 11.0. The minimum atomic E-state index is -0.224. The fourth-order valence-electron chi connectivity index (χ4n) is 3.03. The van der Waals surface area contributed by atoms with E-state index >= 15 is 0 Å². The molecule has 0 spiro atoms. The Labute approximate surface area is 140 Å². The van der Waals surface area contributed by atoms with Crippen molar-refractivity contribution in [2.75, 3.05) is 20.1 Å². The van der Waals surface area contributed by atoms with Gasteiger partial charge in [-0.05, 0) is 29.9 Å². The predicted molar refractivity (Wildman–Crippen MR) is 93.5 cm³/mol. The van der Waals surface area contributed by atoms with Gasteiger partial charge in [-0.2, -0.15) is 0 Å². The van der Waals surface area contributed by atoms with Gasteiger partial charge in [0.15, 0.2) is 0 Å². The number of amides is 1. The summed E-state index contributed by atoms with van der Waals surface area (Å²) < 4.78 is 5.33. The van der Waals surface area contributed by atoms with Crippen LogP contribution in [-0.4, -0.2) is 37.2 Å². The molecule has 2 unspecified atom stereocenters. The molecule has 2 rings (SSSR count). The lowest BCUT2D eigenvalue weighted by Gasteiger charge is -2.24. The SMILES string of the molecule is CCCCc1ccc(C(NCC2CN(C)C(=O)O2)C(C)C)cc1. The Bertz CT molecular complexity index is 499. The highest BCUT2D eigenvalue weighted by molar-refractivity contribution is 5.69. The molecule has 128 valence electrons. The molecule has 4 nitrogen and oxygen atoms in total. The van der Waals surface area contributed by atoms with Crippen LogP contribution in [0.4, 0.5) is 4.79 Å². The van der Waals surface area contributed by atoms with Gasteiger partial charge in [-0.3, -0.25) is 0 Å². The van der Waals surface area contributed by atoms with Gasteiger partial charge in [-0.1, -0.05) is 51.5 Å². The molecule has 1 aliphatic heterocycles. The fourth-order valence-corrected chi connectivity index (χ4v) is 3.03. The summed E-state index contributed by atoms with van der Waals surface area (Å²) in [7, 11) is 1.78. The van der Waals surface area contributed by atoms with E-state index in [0.717, 1.165) is 6.42 Å². The van der Waals surface area contributed by atoms with Crippen LogP contribution in [0.5, 0.6) is 0 Å². The third kappa shape index (κ3) is 4.96. The minimum absolute atomic E-state index is 0.0578. The molecule has 0 aromatic heterocycles. The molecular weight excluding hydrogens is 288 g/mol. The van der Waals surface area contributed by atoms with E-state index in [-0.39, 0.29) is 18.2 Å². The molecule has 23 heavy (non-hydrogen) atoms. The summed E-state index contributed by atoms with van der Waals surface area (Å²) in [5, 5.41) is 3.58. The number of aryl methyl sites for hydroxylation is 1. The second-order valence-corrected chi connectivity index (χ2v) is 6.86. The smallest absolute Gasteiger partial charge is 0.410 e. The zero-order valence-electron chi connectivity index (χ0n) is 14.8. The van der Waals surface area contributed by atoms with Gasteiger partial charge < -0.3 is 15.0 Å². The average Bonchev–Trinajstić information content (AvgIpc) is 2.84. The van der Waals surface area contributed by atoms with Crippen LogP contribution in [0.3, 0.4) is 0 Å². The molecule has 1 N–H and O–H groups in total. The second-order valence-electron chi connectivity index (χ2n) is 6.86. The predicted octanol–water partition coefficient (Wildman–Crippen LogP) is 3.77. The average molecular weight is 318 g/mol. The largest absolute Gasteiger partial charge is 0.443 e. The van der Waals surface area contributed by atoms with Crippen LogP contribution < -0.4 is 5.32 Å². The van der Waals surface area contributed by atoms with Crippen LogP contribution >= 0.6 is 0 Å². The maximum absolute atomic E-state index is 11.4. The minimum Gasteiger partial charge on any atom is -0.443 e. The quantitative estimate of drug-likeness (QED) is 0.793. The summed E-state index contributed by atoms with van der Waals surface area (Å²) >= 11 is 0. The third-order valence-corrected chi connectivity index (χ3v) is 4.45. The molecule has 1 amide bonds. The van der Waals surface area contributed by atoms with E-state index in [1.807, 2.05) is 0 Å². The first kappa shape index (κ1) is 17.8. The summed E-state index contributed by atoms with van der Waals surface area (Å²) in [6, 6.07) is 9.22.